The van der Waals surface area contributed by atoms with Crippen molar-refractivity contribution in [3.63, 3.8) is 0 Å². The van der Waals surface area contributed by atoms with Crippen LogP contribution in [-0.4, -0.2) is 62.2 Å². The summed E-state index contributed by atoms with van der Waals surface area (Å²) in [6, 6.07) is 25.5. The summed E-state index contributed by atoms with van der Waals surface area (Å²) >= 11 is 0. The number of carbonyl (C=O) groups is 1. The molecule has 2 aromatic carbocycles. The van der Waals surface area contributed by atoms with Gasteiger partial charge in [-0.2, -0.15) is 4.52 Å². The Morgan fingerprint density at radius 1 is 0.900 bits per heavy atom. The van der Waals surface area contributed by atoms with E-state index in [0.717, 1.165) is 48.6 Å². The Morgan fingerprint density at radius 3 is 2.48 bits per heavy atom. The molecule has 1 N–H and O–H groups in total. The SMILES string of the molecule is Cc1ccccc1-c1ccc(N2CCC(C(=O)NCCOc3ccc4nnc(-c5ccccc5)n4n3)CC2)nn1. The van der Waals surface area contributed by atoms with Gasteiger partial charge in [0.1, 0.15) is 6.61 Å². The zero-order valence-electron chi connectivity index (χ0n) is 22.3. The third-order valence-electron chi connectivity index (χ3n) is 7.18. The van der Waals surface area contributed by atoms with Crippen LogP contribution >= 0.6 is 0 Å². The van der Waals surface area contributed by atoms with E-state index in [0.29, 0.717) is 30.5 Å². The van der Waals surface area contributed by atoms with E-state index in [1.54, 1.807) is 10.6 Å². The fourth-order valence-corrected chi connectivity index (χ4v) is 4.96. The summed E-state index contributed by atoms with van der Waals surface area (Å²) in [5.74, 6) is 1.96. The number of aromatic nitrogens is 6. The monoisotopic (exact) mass is 534 g/mol. The lowest BCUT2D eigenvalue weighted by Crippen LogP contribution is -2.41. The first kappa shape index (κ1) is 25.4. The summed E-state index contributed by atoms with van der Waals surface area (Å²) in [5.41, 5.74) is 4.69. The molecule has 1 fully saturated rings. The zero-order valence-corrected chi connectivity index (χ0v) is 22.3. The summed E-state index contributed by atoms with van der Waals surface area (Å²) in [6.07, 6.45) is 1.53. The Bertz CT molecular complexity index is 1600. The van der Waals surface area contributed by atoms with Crippen LogP contribution < -0.4 is 15.0 Å². The number of hydrogen-bond acceptors (Lipinski definition) is 8. The van der Waals surface area contributed by atoms with Crippen molar-refractivity contribution in [2.75, 3.05) is 31.1 Å². The second-order valence-corrected chi connectivity index (χ2v) is 9.82. The Labute approximate surface area is 232 Å². The van der Waals surface area contributed by atoms with Crippen LogP contribution in [0.5, 0.6) is 5.88 Å². The van der Waals surface area contributed by atoms with Gasteiger partial charge in [-0.1, -0.05) is 54.6 Å². The van der Waals surface area contributed by atoms with Crippen LogP contribution in [0.2, 0.25) is 0 Å². The Balaban J connectivity index is 0.970. The number of anilines is 1. The van der Waals surface area contributed by atoms with E-state index in [1.165, 1.54) is 5.56 Å². The normalized spacial score (nSPS) is 13.9. The number of fused-ring (bicyclic) bond motifs is 1. The molecule has 1 aliphatic heterocycles. The molecule has 0 atom stereocenters. The molecule has 1 amide bonds. The fourth-order valence-electron chi connectivity index (χ4n) is 4.96. The van der Waals surface area contributed by atoms with Gasteiger partial charge in [0, 0.05) is 36.2 Å². The van der Waals surface area contributed by atoms with Crippen molar-refractivity contribution in [3.8, 4) is 28.5 Å². The van der Waals surface area contributed by atoms with Gasteiger partial charge in [0.2, 0.25) is 11.8 Å². The lowest BCUT2D eigenvalue weighted by Gasteiger charge is -2.31. The van der Waals surface area contributed by atoms with Crippen molar-refractivity contribution in [2.45, 2.75) is 19.8 Å². The highest BCUT2D eigenvalue weighted by atomic mass is 16.5. The molecule has 0 radical (unpaired) electrons. The molecule has 202 valence electrons. The Morgan fingerprint density at radius 2 is 1.70 bits per heavy atom. The molecule has 1 saturated heterocycles. The average Bonchev–Trinajstić information content (AvgIpc) is 3.43. The quantitative estimate of drug-likeness (QED) is 0.298. The Hall–Kier alpha value is -4.86. The predicted molar refractivity (Wildman–Crippen MR) is 152 cm³/mol. The van der Waals surface area contributed by atoms with E-state index in [-0.39, 0.29) is 11.8 Å². The topological polar surface area (TPSA) is 110 Å². The minimum Gasteiger partial charge on any atom is -0.475 e. The number of hydrogen-bond donors (Lipinski definition) is 1. The van der Waals surface area contributed by atoms with Crippen molar-refractivity contribution in [2.24, 2.45) is 5.92 Å². The number of amides is 1. The molecule has 5 aromatic rings. The highest BCUT2D eigenvalue weighted by molar-refractivity contribution is 5.79. The third-order valence-corrected chi connectivity index (χ3v) is 7.18. The fraction of sp³-hybridized carbons (Fsp3) is 0.267. The molecule has 6 rings (SSSR count). The molecular weight excluding hydrogens is 504 g/mol. The van der Waals surface area contributed by atoms with Crippen molar-refractivity contribution in [3.05, 3.63) is 84.4 Å². The molecular formula is C30H30N8O2. The van der Waals surface area contributed by atoms with Gasteiger partial charge in [-0.3, -0.25) is 4.79 Å². The van der Waals surface area contributed by atoms with Crippen LogP contribution in [0.25, 0.3) is 28.3 Å². The van der Waals surface area contributed by atoms with Gasteiger partial charge in [0.15, 0.2) is 17.3 Å². The summed E-state index contributed by atoms with van der Waals surface area (Å²) in [5, 5.41) is 24.9. The smallest absolute Gasteiger partial charge is 0.231 e. The molecule has 0 unspecified atom stereocenters. The predicted octanol–water partition coefficient (Wildman–Crippen LogP) is 3.97. The third kappa shape index (κ3) is 5.47. The van der Waals surface area contributed by atoms with Gasteiger partial charge in [-0.15, -0.1) is 25.5 Å². The number of rotatable bonds is 8. The van der Waals surface area contributed by atoms with Gasteiger partial charge < -0.3 is 15.0 Å². The lowest BCUT2D eigenvalue weighted by molar-refractivity contribution is -0.125. The number of ether oxygens (including phenoxy) is 1. The van der Waals surface area contributed by atoms with Crippen LogP contribution in [0, 0.1) is 12.8 Å². The van der Waals surface area contributed by atoms with E-state index in [2.05, 4.69) is 54.8 Å². The molecule has 4 heterocycles. The molecule has 10 heteroatoms. The largest absolute Gasteiger partial charge is 0.475 e. The first-order chi connectivity index (χ1) is 19.7. The molecule has 40 heavy (non-hydrogen) atoms. The molecule has 0 aliphatic carbocycles. The number of nitrogens with one attached hydrogen (secondary N) is 1. The number of nitrogens with zero attached hydrogens (tertiary/aromatic N) is 7. The summed E-state index contributed by atoms with van der Waals surface area (Å²) in [7, 11) is 0. The van der Waals surface area contributed by atoms with Crippen LogP contribution in [0.15, 0.2) is 78.9 Å². The first-order valence-electron chi connectivity index (χ1n) is 13.5. The highest BCUT2D eigenvalue weighted by Crippen LogP contribution is 2.25. The molecule has 0 bridgehead atoms. The molecule has 3 aromatic heterocycles. The van der Waals surface area contributed by atoms with E-state index < -0.39 is 0 Å². The number of carbonyl (C=O) groups excluding carboxylic acids is 1. The lowest BCUT2D eigenvalue weighted by atomic mass is 9.96. The van der Waals surface area contributed by atoms with Crippen LogP contribution in [0.4, 0.5) is 5.82 Å². The van der Waals surface area contributed by atoms with Gasteiger partial charge >= 0.3 is 0 Å². The van der Waals surface area contributed by atoms with Crippen LogP contribution in [0.3, 0.4) is 0 Å². The van der Waals surface area contributed by atoms with Crippen molar-refractivity contribution >= 4 is 17.4 Å². The second kappa shape index (κ2) is 11.5. The van der Waals surface area contributed by atoms with Gasteiger partial charge in [-0.05, 0) is 43.5 Å². The number of aryl methyl sites for hydroxylation is 1. The summed E-state index contributed by atoms with van der Waals surface area (Å²) < 4.78 is 7.47. The van der Waals surface area contributed by atoms with Crippen molar-refractivity contribution in [1.29, 1.82) is 0 Å². The van der Waals surface area contributed by atoms with Crippen LogP contribution in [0.1, 0.15) is 18.4 Å². The standard InChI is InChI=1S/C30H30N8O2/c1-21-7-5-6-10-24(21)25-11-12-26(33-32-25)37-18-15-23(16-19-37)30(39)31-17-20-40-28-14-13-27-34-35-29(38(27)36-28)22-8-3-2-4-9-22/h2-14,23H,15-20H2,1H3,(H,31,39). The van der Waals surface area contributed by atoms with Crippen molar-refractivity contribution < 1.29 is 9.53 Å². The van der Waals surface area contributed by atoms with E-state index >= 15 is 0 Å². The first-order valence-corrected chi connectivity index (χ1v) is 13.5. The minimum atomic E-state index is -0.0321. The number of piperidine rings is 1. The van der Waals surface area contributed by atoms with Gasteiger partial charge in [0.25, 0.3) is 0 Å². The van der Waals surface area contributed by atoms with Crippen molar-refractivity contribution in [1.82, 2.24) is 35.3 Å². The maximum Gasteiger partial charge on any atom is 0.231 e. The van der Waals surface area contributed by atoms with E-state index in [1.807, 2.05) is 60.7 Å². The molecule has 0 saturated carbocycles. The molecule has 10 nitrogen and oxygen atoms in total. The molecule has 1 aliphatic rings. The number of benzene rings is 2. The Kier molecular flexibility index (Phi) is 7.30. The maximum atomic E-state index is 12.8. The van der Waals surface area contributed by atoms with E-state index in [9.17, 15) is 4.79 Å². The average molecular weight is 535 g/mol. The van der Waals surface area contributed by atoms with Gasteiger partial charge in [0.05, 0.1) is 12.2 Å². The van der Waals surface area contributed by atoms with Gasteiger partial charge in [-0.25, -0.2) is 0 Å². The van der Waals surface area contributed by atoms with Crippen LogP contribution in [-0.2, 0) is 4.79 Å². The highest BCUT2D eigenvalue weighted by Gasteiger charge is 2.25. The second-order valence-electron chi connectivity index (χ2n) is 9.82. The molecule has 0 spiro atoms. The minimum absolute atomic E-state index is 0.0321. The maximum absolute atomic E-state index is 12.8. The summed E-state index contributed by atoms with van der Waals surface area (Å²) in [6.45, 7) is 4.32. The zero-order chi connectivity index (χ0) is 27.3. The summed E-state index contributed by atoms with van der Waals surface area (Å²) in [4.78, 5) is 15.0. The van der Waals surface area contributed by atoms with E-state index in [4.69, 9.17) is 4.74 Å².